The molecule has 1 saturated heterocycles. The van der Waals surface area contributed by atoms with Crippen LogP contribution in [0, 0.1) is 0 Å². The van der Waals surface area contributed by atoms with Gasteiger partial charge in [0.15, 0.2) is 0 Å². The number of carbonyl (C=O) groups excluding carboxylic acids is 1. The van der Waals surface area contributed by atoms with Crippen molar-refractivity contribution in [2.75, 3.05) is 18.5 Å². The molecule has 1 aliphatic rings. The van der Waals surface area contributed by atoms with Crippen molar-refractivity contribution in [1.82, 2.24) is 15.1 Å². The van der Waals surface area contributed by atoms with E-state index in [2.05, 4.69) is 15.5 Å². The minimum absolute atomic E-state index is 0.00309. The maximum atomic E-state index is 12.8. The third kappa shape index (κ3) is 3.41. The molecule has 1 aromatic heterocycles. The molecule has 0 bridgehead atoms. The number of hydrogen-bond acceptors (Lipinski definition) is 6. The van der Waals surface area contributed by atoms with E-state index in [-0.39, 0.29) is 18.6 Å². The Morgan fingerprint density at radius 3 is 2.92 bits per heavy atom. The fourth-order valence-electron chi connectivity index (χ4n) is 2.94. The van der Waals surface area contributed by atoms with Gasteiger partial charge in [-0.15, -0.1) is 10.2 Å². The number of para-hydroxylation sites is 1. The number of amides is 1. The van der Waals surface area contributed by atoms with Crippen molar-refractivity contribution in [2.24, 2.45) is 0 Å². The van der Waals surface area contributed by atoms with Gasteiger partial charge in [0.1, 0.15) is 0 Å². The Morgan fingerprint density at radius 1 is 1.38 bits per heavy atom. The van der Waals surface area contributed by atoms with E-state index in [1.165, 1.54) is 0 Å². The summed E-state index contributed by atoms with van der Waals surface area (Å²) >= 11 is 0. The molecule has 2 heterocycles. The van der Waals surface area contributed by atoms with E-state index in [1.54, 1.807) is 11.0 Å². The number of aliphatic hydroxyl groups excluding tert-OH is 1. The minimum Gasteiger partial charge on any atom is -0.423 e. The molecule has 2 N–H and O–H groups in total. The lowest BCUT2D eigenvalue weighted by atomic mass is 10.1. The number of carbonyl (C=O) groups is 1. The van der Waals surface area contributed by atoms with Crippen LogP contribution in [0.4, 0.5) is 5.69 Å². The topological polar surface area (TPSA) is 91.5 Å². The molecule has 2 aromatic rings. The van der Waals surface area contributed by atoms with Crippen molar-refractivity contribution >= 4 is 11.6 Å². The second-order valence-electron chi connectivity index (χ2n) is 5.82. The molecule has 0 radical (unpaired) electrons. The zero-order chi connectivity index (χ0) is 16.9. The number of nitrogens with zero attached hydrogens (tertiary/aromatic N) is 3. The number of aromatic nitrogens is 2. The first-order valence-electron chi connectivity index (χ1n) is 8.29. The molecule has 7 nitrogen and oxygen atoms in total. The van der Waals surface area contributed by atoms with Gasteiger partial charge in [0.05, 0.1) is 24.8 Å². The van der Waals surface area contributed by atoms with Gasteiger partial charge in [-0.05, 0) is 25.0 Å². The largest absolute Gasteiger partial charge is 0.423 e. The van der Waals surface area contributed by atoms with Crippen molar-refractivity contribution in [3.05, 3.63) is 41.6 Å². The number of likely N-dealkylation sites (tertiary alicyclic amines) is 1. The molecule has 7 heteroatoms. The summed E-state index contributed by atoms with van der Waals surface area (Å²) < 4.78 is 5.48. The van der Waals surface area contributed by atoms with Crippen LogP contribution >= 0.6 is 0 Å². The molecule has 1 aliphatic heterocycles. The molecule has 0 spiro atoms. The number of rotatable bonds is 6. The fraction of sp³-hybridized carbons (Fsp3) is 0.471. The monoisotopic (exact) mass is 330 g/mol. The van der Waals surface area contributed by atoms with Gasteiger partial charge in [0.25, 0.3) is 5.91 Å². The van der Waals surface area contributed by atoms with Crippen LogP contribution in [0.5, 0.6) is 0 Å². The maximum absolute atomic E-state index is 12.8. The summed E-state index contributed by atoms with van der Waals surface area (Å²) in [5.41, 5.74) is 1.32. The van der Waals surface area contributed by atoms with E-state index in [0.29, 0.717) is 36.9 Å². The predicted molar refractivity (Wildman–Crippen MR) is 88.6 cm³/mol. The molecule has 1 amide bonds. The number of anilines is 1. The lowest BCUT2D eigenvalue weighted by molar-refractivity contribution is 0.0678. The maximum Gasteiger partial charge on any atom is 0.256 e. The smallest absolute Gasteiger partial charge is 0.256 e. The van der Waals surface area contributed by atoms with Gasteiger partial charge >= 0.3 is 0 Å². The molecule has 1 atom stereocenters. The highest BCUT2D eigenvalue weighted by Crippen LogP contribution is 2.24. The highest BCUT2D eigenvalue weighted by molar-refractivity contribution is 5.99. The average Bonchev–Trinajstić information content (AvgIpc) is 3.28. The van der Waals surface area contributed by atoms with Crippen LogP contribution in [0.2, 0.25) is 0 Å². The summed E-state index contributed by atoms with van der Waals surface area (Å²) in [4.78, 5) is 14.6. The molecule has 0 saturated carbocycles. The Balaban J connectivity index is 1.73. The Hall–Kier alpha value is -2.41. The minimum atomic E-state index is -0.0893. The SMILES string of the molecule is CCc1nnc(CNc2ccccc2C(=O)N2CCCC2CO)o1. The van der Waals surface area contributed by atoms with Crippen molar-refractivity contribution < 1.29 is 14.3 Å². The Bertz CT molecular complexity index is 701. The molecule has 3 rings (SSSR count). The van der Waals surface area contributed by atoms with Gasteiger partial charge in [-0.2, -0.15) is 0 Å². The second kappa shape index (κ2) is 7.44. The second-order valence-corrected chi connectivity index (χ2v) is 5.82. The first-order valence-corrected chi connectivity index (χ1v) is 8.29. The van der Waals surface area contributed by atoms with Crippen LogP contribution in [-0.4, -0.2) is 45.3 Å². The van der Waals surface area contributed by atoms with E-state index >= 15 is 0 Å². The van der Waals surface area contributed by atoms with Gasteiger partial charge in [-0.1, -0.05) is 19.1 Å². The van der Waals surface area contributed by atoms with Gasteiger partial charge < -0.3 is 19.7 Å². The van der Waals surface area contributed by atoms with Gasteiger partial charge in [0, 0.05) is 18.7 Å². The van der Waals surface area contributed by atoms with Crippen LogP contribution in [0.25, 0.3) is 0 Å². The molecule has 128 valence electrons. The lowest BCUT2D eigenvalue weighted by Crippen LogP contribution is -2.37. The van der Waals surface area contributed by atoms with Crippen LogP contribution in [-0.2, 0) is 13.0 Å². The third-order valence-corrected chi connectivity index (χ3v) is 4.25. The van der Waals surface area contributed by atoms with Crippen LogP contribution in [0.1, 0.15) is 41.9 Å². The zero-order valence-electron chi connectivity index (χ0n) is 13.7. The highest BCUT2D eigenvalue weighted by atomic mass is 16.4. The quantitative estimate of drug-likeness (QED) is 0.840. The number of nitrogens with one attached hydrogen (secondary N) is 1. The van der Waals surface area contributed by atoms with Crippen LogP contribution in [0.15, 0.2) is 28.7 Å². The van der Waals surface area contributed by atoms with E-state index in [4.69, 9.17) is 4.42 Å². The molecular formula is C17H22N4O3. The number of hydrogen-bond donors (Lipinski definition) is 2. The van der Waals surface area contributed by atoms with E-state index < -0.39 is 0 Å². The predicted octanol–water partition coefficient (Wildman–Crippen LogP) is 1.84. The zero-order valence-corrected chi connectivity index (χ0v) is 13.7. The third-order valence-electron chi connectivity index (χ3n) is 4.25. The standard InChI is InChI=1S/C17H22N4O3/c1-2-15-19-20-16(24-15)10-18-14-8-4-3-7-13(14)17(23)21-9-5-6-12(21)11-22/h3-4,7-8,12,18,22H,2,5-6,9-11H2,1H3. The molecule has 1 unspecified atom stereocenters. The Labute approximate surface area is 140 Å². The first-order chi connectivity index (χ1) is 11.7. The van der Waals surface area contributed by atoms with Crippen LogP contribution in [0.3, 0.4) is 0 Å². The van der Waals surface area contributed by atoms with Gasteiger partial charge in [0.2, 0.25) is 11.8 Å². The van der Waals surface area contributed by atoms with Crippen LogP contribution < -0.4 is 5.32 Å². The van der Waals surface area contributed by atoms with Crippen molar-refractivity contribution in [3.63, 3.8) is 0 Å². The lowest BCUT2D eigenvalue weighted by Gasteiger charge is -2.24. The molecule has 1 aromatic carbocycles. The van der Waals surface area contributed by atoms with E-state index in [9.17, 15) is 9.90 Å². The van der Waals surface area contributed by atoms with Gasteiger partial charge in [-0.3, -0.25) is 4.79 Å². The Kier molecular flexibility index (Phi) is 5.10. The van der Waals surface area contributed by atoms with E-state index in [0.717, 1.165) is 18.5 Å². The first kappa shape index (κ1) is 16.4. The molecular weight excluding hydrogens is 308 g/mol. The summed E-state index contributed by atoms with van der Waals surface area (Å²) in [5.74, 6) is 1.02. The summed E-state index contributed by atoms with van der Waals surface area (Å²) in [7, 11) is 0. The van der Waals surface area contributed by atoms with Crippen molar-refractivity contribution in [3.8, 4) is 0 Å². The number of aliphatic hydroxyl groups is 1. The normalized spacial score (nSPS) is 17.2. The highest BCUT2D eigenvalue weighted by Gasteiger charge is 2.29. The van der Waals surface area contributed by atoms with Crippen molar-refractivity contribution in [2.45, 2.75) is 38.8 Å². The van der Waals surface area contributed by atoms with Gasteiger partial charge in [-0.25, -0.2) is 0 Å². The van der Waals surface area contributed by atoms with E-state index in [1.807, 2.05) is 25.1 Å². The molecule has 0 aliphatic carbocycles. The molecule has 1 fully saturated rings. The van der Waals surface area contributed by atoms with Crippen molar-refractivity contribution in [1.29, 1.82) is 0 Å². The number of benzene rings is 1. The summed E-state index contributed by atoms with van der Waals surface area (Å²) in [6.45, 7) is 3.00. The summed E-state index contributed by atoms with van der Waals surface area (Å²) in [5, 5.41) is 20.5. The molecule has 24 heavy (non-hydrogen) atoms. The Morgan fingerprint density at radius 2 is 2.17 bits per heavy atom. The number of aryl methyl sites for hydroxylation is 1. The fourth-order valence-corrected chi connectivity index (χ4v) is 2.94. The summed E-state index contributed by atoms with van der Waals surface area (Å²) in [6.07, 6.45) is 2.47. The average molecular weight is 330 g/mol. The summed E-state index contributed by atoms with van der Waals surface area (Å²) in [6, 6.07) is 7.27.